The number of benzene rings is 2. The molecule has 0 aliphatic heterocycles. The van der Waals surface area contributed by atoms with Crippen LogP contribution in [0.5, 0.6) is 0 Å². The van der Waals surface area contributed by atoms with Crippen LogP contribution in [0.2, 0.25) is 0 Å². The molecule has 0 saturated carbocycles. The average Bonchev–Trinajstić information content (AvgIpc) is 3.05. The highest BCUT2D eigenvalue weighted by atomic mass is 19.3. The van der Waals surface area contributed by atoms with Gasteiger partial charge in [-0.05, 0) is 41.2 Å². The minimum Gasteiger partial charge on any atom is -0.445 e. The number of Topliss-reactive ketones (excluding diaryl/α,β-unsaturated/α-hetero) is 1. The summed E-state index contributed by atoms with van der Waals surface area (Å²) in [6, 6.07) is 11.7. The van der Waals surface area contributed by atoms with E-state index in [1.807, 2.05) is 6.07 Å². The lowest BCUT2D eigenvalue weighted by atomic mass is 9.88. The van der Waals surface area contributed by atoms with Crippen molar-refractivity contribution in [3.8, 4) is 0 Å². The summed E-state index contributed by atoms with van der Waals surface area (Å²) in [7, 11) is 0. The van der Waals surface area contributed by atoms with Gasteiger partial charge in [-0.2, -0.15) is 8.78 Å². The first-order chi connectivity index (χ1) is 23.4. The van der Waals surface area contributed by atoms with Gasteiger partial charge in [0.1, 0.15) is 31.3 Å². The summed E-state index contributed by atoms with van der Waals surface area (Å²) in [6.07, 6.45) is -1.94. The number of halogens is 2. The molecule has 0 radical (unpaired) electrons. The largest absolute Gasteiger partial charge is 0.445 e. The van der Waals surface area contributed by atoms with Crippen molar-refractivity contribution in [2.24, 2.45) is 23.7 Å². The molecule has 11 nitrogen and oxygen atoms in total. The van der Waals surface area contributed by atoms with E-state index in [0.717, 1.165) is 5.56 Å². The van der Waals surface area contributed by atoms with Gasteiger partial charge in [0.15, 0.2) is 0 Å². The minimum absolute atomic E-state index is 0.0514. The Balaban J connectivity index is 2.18. The third kappa shape index (κ3) is 13.1. The van der Waals surface area contributed by atoms with Crippen LogP contribution in [0.3, 0.4) is 0 Å². The van der Waals surface area contributed by atoms with E-state index in [2.05, 4.69) is 21.3 Å². The molecule has 0 aromatic heterocycles. The predicted molar refractivity (Wildman–Crippen MR) is 185 cm³/mol. The maximum absolute atomic E-state index is 16.2. The number of alkyl carbamates (subject to hydrolysis) is 2. The zero-order valence-electron chi connectivity index (χ0n) is 30.1. The summed E-state index contributed by atoms with van der Waals surface area (Å²) in [5.74, 6) is -9.73. The molecular weight excluding hydrogens is 650 g/mol. The van der Waals surface area contributed by atoms with Crippen molar-refractivity contribution in [1.29, 1.82) is 0 Å². The van der Waals surface area contributed by atoms with Gasteiger partial charge in [-0.1, -0.05) is 116 Å². The van der Waals surface area contributed by atoms with Crippen LogP contribution < -0.4 is 21.3 Å². The van der Waals surface area contributed by atoms with E-state index < -0.39 is 77.6 Å². The number of rotatable bonds is 18. The van der Waals surface area contributed by atoms with E-state index >= 15 is 8.78 Å². The molecular formula is C37H52F2N4O7. The Morgan fingerprint density at radius 2 is 1.00 bits per heavy atom. The summed E-state index contributed by atoms with van der Waals surface area (Å²) < 4.78 is 42.8. The van der Waals surface area contributed by atoms with Crippen molar-refractivity contribution in [3.05, 3.63) is 71.8 Å². The zero-order chi connectivity index (χ0) is 37.6. The Morgan fingerprint density at radius 1 is 0.600 bits per heavy atom. The number of ketones is 1. The molecule has 2 unspecified atom stereocenters. The van der Waals surface area contributed by atoms with Crippen LogP contribution in [0.1, 0.15) is 72.9 Å². The van der Waals surface area contributed by atoms with E-state index in [1.54, 1.807) is 96.1 Å². The first-order valence-electron chi connectivity index (χ1n) is 16.9. The van der Waals surface area contributed by atoms with Crippen molar-refractivity contribution in [2.75, 3.05) is 0 Å². The van der Waals surface area contributed by atoms with Crippen LogP contribution >= 0.6 is 0 Å². The Kier molecular flexibility index (Phi) is 16.3. The van der Waals surface area contributed by atoms with E-state index in [-0.39, 0.29) is 25.6 Å². The molecule has 2 rings (SSSR count). The molecule has 276 valence electrons. The van der Waals surface area contributed by atoms with Gasteiger partial charge in [0.05, 0.1) is 6.04 Å². The molecule has 2 aromatic rings. The van der Waals surface area contributed by atoms with Gasteiger partial charge < -0.3 is 30.7 Å². The first kappa shape index (κ1) is 41.6. The Morgan fingerprint density at radius 3 is 1.36 bits per heavy atom. The molecule has 0 bridgehead atoms. The van der Waals surface area contributed by atoms with Gasteiger partial charge in [-0.3, -0.25) is 14.4 Å². The van der Waals surface area contributed by atoms with E-state index in [0.29, 0.717) is 5.56 Å². The summed E-state index contributed by atoms with van der Waals surface area (Å²) in [4.78, 5) is 65.5. The van der Waals surface area contributed by atoms with Gasteiger partial charge in [-0.25, -0.2) is 9.59 Å². The number of hydrogen-bond acceptors (Lipinski definition) is 7. The van der Waals surface area contributed by atoms with E-state index in [4.69, 9.17) is 9.47 Å². The molecule has 0 saturated heterocycles. The lowest BCUT2D eigenvalue weighted by Crippen LogP contribution is -2.63. The Labute approximate surface area is 293 Å². The second kappa shape index (κ2) is 19.6. The number of amides is 4. The predicted octanol–water partition coefficient (Wildman–Crippen LogP) is 5.76. The fourth-order valence-corrected chi connectivity index (χ4v) is 5.12. The summed E-state index contributed by atoms with van der Waals surface area (Å²) >= 11 is 0. The third-order valence-electron chi connectivity index (χ3n) is 7.89. The van der Waals surface area contributed by atoms with Crippen LogP contribution in [0.25, 0.3) is 0 Å². The molecule has 4 atom stereocenters. The van der Waals surface area contributed by atoms with E-state index in [1.165, 1.54) is 13.8 Å². The van der Waals surface area contributed by atoms with Crippen LogP contribution in [0.15, 0.2) is 60.7 Å². The standard InChI is InChI=1S/C37H52F2N4O7/c1-22(2)19-28(40-33(45)29(23(3)4)41-35(47)49-20-26-15-11-9-12-16-26)32(44)37(38,39)31(25(7)8)43-34(46)30(24(5)6)42-36(48)50-21-27-17-13-10-14-18-27/h9-18,22-25,28-31H,19-21H2,1-8H3,(H,40,45)(H,41,47)(H,42,48)(H,43,46)/t28?,29-,30-,31?/m0/s1. The smallest absolute Gasteiger partial charge is 0.408 e. The van der Waals surface area contributed by atoms with Crippen LogP contribution in [-0.2, 0) is 37.1 Å². The Bertz CT molecular complexity index is 1410. The monoisotopic (exact) mass is 702 g/mol. The summed E-state index contributed by atoms with van der Waals surface area (Å²) in [6.45, 7) is 12.7. The maximum atomic E-state index is 16.2. The minimum atomic E-state index is -4.14. The lowest BCUT2D eigenvalue weighted by Gasteiger charge is -2.34. The summed E-state index contributed by atoms with van der Waals surface area (Å²) in [5, 5.41) is 9.63. The third-order valence-corrected chi connectivity index (χ3v) is 7.89. The SMILES string of the molecule is CC(C)CC(NC(=O)[C@@H](NC(=O)OCc1ccccc1)C(C)C)C(=O)C(F)(F)C(NC(=O)[C@@H](NC(=O)OCc1ccccc1)C(C)C)C(C)C. The molecule has 4 N–H and O–H groups in total. The molecule has 0 aliphatic carbocycles. The van der Waals surface area contributed by atoms with Crippen LogP contribution in [-0.4, -0.2) is 59.9 Å². The van der Waals surface area contributed by atoms with Gasteiger partial charge in [0.2, 0.25) is 17.6 Å². The van der Waals surface area contributed by atoms with Gasteiger partial charge >= 0.3 is 18.1 Å². The van der Waals surface area contributed by atoms with Crippen molar-refractivity contribution in [1.82, 2.24) is 21.3 Å². The van der Waals surface area contributed by atoms with Gasteiger partial charge in [0, 0.05) is 0 Å². The lowest BCUT2D eigenvalue weighted by molar-refractivity contribution is -0.155. The van der Waals surface area contributed by atoms with E-state index in [9.17, 15) is 24.0 Å². The second-order valence-corrected chi connectivity index (χ2v) is 13.8. The van der Waals surface area contributed by atoms with Crippen LogP contribution in [0, 0.1) is 23.7 Å². The fourth-order valence-electron chi connectivity index (χ4n) is 5.12. The van der Waals surface area contributed by atoms with Crippen molar-refractivity contribution in [3.63, 3.8) is 0 Å². The zero-order valence-corrected chi connectivity index (χ0v) is 30.1. The number of carbonyl (C=O) groups excluding carboxylic acids is 5. The van der Waals surface area contributed by atoms with Crippen LogP contribution in [0.4, 0.5) is 18.4 Å². The highest BCUT2D eigenvalue weighted by Gasteiger charge is 2.52. The quantitative estimate of drug-likeness (QED) is 0.154. The van der Waals surface area contributed by atoms with Crippen molar-refractivity contribution in [2.45, 2.75) is 105 Å². The molecule has 4 amide bonds. The molecule has 0 spiro atoms. The molecule has 50 heavy (non-hydrogen) atoms. The first-order valence-corrected chi connectivity index (χ1v) is 16.9. The van der Waals surface area contributed by atoms with Crippen molar-refractivity contribution < 1.29 is 42.2 Å². The van der Waals surface area contributed by atoms with Crippen molar-refractivity contribution >= 4 is 29.8 Å². The number of hydrogen-bond donors (Lipinski definition) is 4. The number of alkyl halides is 2. The topological polar surface area (TPSA) is 152 Å². The molecule has 0 fully saturated rings. The second-order valence-electron chi connectivity index (χ2n) is 13.8. The number of carbonyl (C=O) groups is 5. The molecule has 13 heteroatoms. The summed E-state index contributed by atoms with van der Waals surface area (Å²) in [5.41, 5.74) is 1.44. The molecule has 2 aromatic carbocycles. The number of ether oxygens (including phenoxy) is 2. The fraction of sp³-hybridized carbons (Fsp3) is 0.541. The van der Waals surface area contributed by atoms with Gasteiger partial charge in [0.25, 0.3) is 0 Å². The Hall–Kier alpha value is -4.55. The highest BCUT2D eigenvalue weighted by molar-refractivity contribution is 5.97. The molecule has 0 heterocycles. The highest BCUT2D eigenvalue weighted by Crippen LogP contribution is 2.29. The molecule has 0 aliphatic rings. The van der Waals surface area contributed by atoms with Gasteiger partial charge in [-0.15, -0.1) is 0 Å². The average molecular weight is 703 g/mol. The number of nitrogens with one attached hydrogen (secondary N) is 4. The normalized spacial score (nSPS) is 14.0. The maximum Gasteiger partial charge on any atom is 0.408 e.